The van der Waals surface area contributed by atoms with Gasteiger partial charge in [-0.3, -0.25) is 4.90 Å². The normalized spacial score (nSPS) is 30.3. The predicted molar refractivity (Wildman–Crippen MR) is 62.2 cm³/mol. The summed E-state index contributed by atoms with van der Waals surface area (Å²) in [7, 11) is 0. The van der Waals surface area contributed by atoms with Crippen molar-refractivity contribution < 1.29 is 9.47 Å². The summed E-state index contributed by atoms with van der Waals surface area (Å²) < 4.78 is 11.6. The van der Waals surface area contributed by atoms with Gasteiger partial charge < -0.3 is 9.47 Å². The lowest BCUT2D eigenvalue weighted by atomic mass is 9.99. The van der Waals surface area contributed by atoms with Crippen molar-refractivity contribution in [2.75, 3.05) is 32.8 Å². The van der Waals surface area contributed by atoms with Crippen LogP contribution in [-0.2, 0) is 9.47 Å². The number of hydrogen-bond donors (Lipinski definition) is 0. The van der Waals surface area contributed by atoms with Gasteiger partial charge in [0, 0.05) is 19.4 Å². The quantitative estimate of drug-likeness (QED) is 0.745. The first-order valence-electron chi connectivity index (χ1n) is 6.63. The fourth-order valence-electron chi connectivity index (χ4n) is 3.15. The first-order valence-corrected chi connectivity index (χ1v) is 6.63. The Kier molecular flexibility index (Phi) is 2.86. The van der Waals surface area contributed by atoms with E-state index in [0.717, 1.165) is 45.7 Å². The molecule has 0 radical (unpaired) electrons. The molecule has 0 N–H and O–H groups in total. The number of hydrogen-bond acceptors (Lipinski definition) is 4. The van der Waals surface area contributed by atoms with Crippen LogP contribution in [0.2, 0.25) is 0 Å². The van der Waals surface area contributed by atoms with Crippen molar-refractivity contribution in [1.82, 2.24) is 4.90 Å². The Morgan fingerprint density at radius 2 is 1.94 bits per heavy atom. The van der Waals surface area contributed by atoms with Gasteiger partial charge in [0.2, 0.25) is 0 Å². The van der Waals surface area contributed by atoms with E-state index in [1.807, 2.05) is 0 Å². The minimum atomic E-state index is -0.318. The summed E-state index contributed by atoms with van der Waals surface area (Å²) in [6.07, 6.45) is 5.30. The minimum Gasteiger partial charge on any atom is -0.346 e. The molecule has 17 heavy (non-hydrogen) atoms. The van der Waals surface area contributed by atoms with Crippen LogP contribution >= 0.6 is 0 Å². The highest BCUT2D eigenvalue weighted by Gasteiger charge is 2.47. The van der Waals surface area contributed by atoms with Gasteiger partial charge in [0.25, 0.3) is 0 Å². The average molecular weight is 236 g/mol. The zero-order valence-corrected chi connectivity index (χ0v) is 10.3. The number of nitrogens with zero attached hydrogens (tertiary/aromatic N) is 2. The Balaban J connectivity index is 1.59. The molecule has 4 nitrogen and oxygen atoms in total. The highest BCUT2D eigenvalue weighted by atomic mass is 16.7. The van der Waals surface area contributed by atoms with E-state index in [4.69, 9.17) is 14.7 Å². The minimum absolute atomic E-state index is 0.298. The number of rotatable bonds is 3. The van der Waals surface area contributed by atoms with E-state index in [1.165, 1.54) is 12.8 Å². The maximum Gasteiger partial charge on any atom is 0.181 e. The Morgan fingerprint density at radius 1 is 1.18 bits per heavy atom. The molecular formula is C13H20N2O2. The largest absolute Gasteiger partial charge is 0.346 e. The van der Waals surface area contributed by atoms with Crippen LogP contribution in [0, 0.1) is 16.7 Å². The highest BCUT2D eigenvalue weighted by Crippen LogP contribution is 2.49. The second-order valence-electron chi connectivity index (χ2n) is 5.76. The maximum absolute atomic E-state index is 8.86. The smallest absolute Gasteiger partial charge is 0.181 e. The molecule has 4 heteroatoms. The summed E-state index contributed by atoms with van der Waals surface area (Å²) in [5.41, 5.74) is 0.298. The maximum atomic E-state index is 8.86. The first kappa shape index (κ1) is 11.5. The molecule has 0 bridgehead atoms. The van der Waals surface area contributed by atoms with Gasteiger partial charge in [-0.25, -0.2) is 0 Å². The molecule has 3 aliphatic rings. The molecule has 0 aromatic carbocycles. The van der Waals surface area contributed by atoms with Crippen LogP contribution in [0.15, 0.2) is 0 Å². The molecule has 1 aliphatic carbocycles. The zero-order valence-electron chi connectivity index (χ0n) is 10.3. The zero-order chi connectivity index (χ0) is 11.8. The van der Waals surface area contributed by atoms with E-state index in [-0.39, 0.29) is 5.79 Å². The highest BCUT2D eigenvalue weighted by molar-refractivity contribution is 5.02. The van der Waals surface area contributed by atoms with Crippen LogP contribution in [0.4, 0.5) is 0 Å². The standard InChI is InChI=1S/C13H20N2O2/c14-6-5-12(3-4-12)10-15-7-1-2-13(11-15)16-8-9-17-13/h1-5,7-11H2. The van der Waals surface area contributed by atoms with Crippen LogP contribution in [0.25, 0.3) is 0 Å². The summed E-state index contributed by atoms with van der Waals surface area (Å²) in [6, 6.07) is 2.33. The topological polar surface area (TPSA) is 45.5 Å². The molecule has 2 heterocycles. The Morgan fingerprint density at radius 3 is 2.59 bits per heavy atom. The van der Waals surface area contributed by atoms with Gasteiger partial charge in [-0.05, 0) is 31.2 Å². The lowest BCUT2D eigenvalue weighted by Crippen LogP contribution is -2.50. The fraction of sp³-hybridized carbons (Fsp3) is 0.923. The molecule has 2 saturated heterocycles. The van der Waals surface area contributed by atoms with E-state index in [0.29, 0.717) is 11.8 Å². The van der Waals surface area contributed by atoms with Crippen molar-refractivity contribution in [2.24, 2.45) is 5.41 Å². The molecule has 3 rings (SSSR count). The lowest BCUT2D eigenvalue weighted by Gasteiger charge is -2.39. The van der Waals surface area contributed by atoms with Crippen molar-refractivity contribution in [3.63, 3.8) is 0 Å². The van der Waals surface area contributed by atoms with Gasteiger partial charge in [0.15, 0.2) is 5.79 Å². The number of piperidine rings is 1. The van der Waals surface area contributed by atoms with Gasteiger partial charge in [-0.2, -0.15) is 5.26 Å². The molecule has 0 aromatic rings. The molecule has 0 aromatic heterocycles. The summed E-state index contributed by atoms with van der Waals surface area (Å²) >= 11 is 0. The van der Waals surface area contributed by atoms with Gasteiger partial charge in [-0.1, -0.05) is 0 Å². The second kappa shape index (κ2) is 4.24. The Labute approximate surface area is 102 Å². The van der Waals surface area contributed by atoms with Gasteiger partial charge >= 0.3 is 0 Å². The Hall–Kier alpha value is -0.630. The molecule has 94 valence electrons. The summed E-state index contributed by atoms with van der Waals surface area (Å²) in [4.78, 5) is 2.44. The third-order valence-electron chi connectivity index (χ3n) is 4.28. The number of nitriles is 1. The van der Waals surface area contributed by atoms with Crippen molar-refractivity contribution in [2.45, 2.75) is 37.9 Å². The van der Waals surface area contributed by atoms with E-state index < -0.39 is 0 Å². The number of likely N-dealkylation sites (tertiary alicyclic amines) is 1. The molecule has 0 unspecified atom stereocenters. The van der Waals surface area contributed by atoms with Crippen molar-refractivity contribution in [3.05, 3.63) is 0 Å². The van der Waals surface area contributed by atoms with Crippen LogP contribution in [0.5, 0.6) is 0 Å². The van der Waals surface area contributed by atoms with E-state index in [1.54, 1.807) is 0 Å². The van der Waals surface area contributed by atoms with Crippen molar-refractivity contribution in [1.29, 1.82) is 5.26 Å². The number of ether oxygens (including phenoxy) is 2. The van der Waals surface area contributed by atoms with Crippen LogP contribution in [0.3, 0.4) is 0 Å². The van der Waals surface area contributed by atoms with Crippen molar-refractivity contribution in [3.8, 4) is 6.07 Å². The predicted octanol–water partition coefficient (Wildman–Crippen LogP) is 1.52. The SMILES string of the molecule is N#CCC1(CN2CCCC3(C2)OCCO3)CC1. The van der Waals surface area contributed by atoms with Gasteiger partial charge in [-0.15, -0.1) is 0 Å². The average Bonchev–Trinajstić information content (AvgIpc) is 2.91. The van der Waals surface area contributed by atoms with E-state index in [2.05, 4.69) is 11.0 Å². The molecule has 1 saturated carbocycles. The third-order valence-corrected chi connectivity index (χ3v) is 4.28. The van der Waals surface area contributed by atoms with Gasteiger partial charge in [0.05, 0.1) is 25.8 Å². The Bertz CT molecular complexity index is 327. The van der Waals surface area contributed by atoms with Crippen LogP contribution in [0.1, 0.15) is 32.1 Å². The molecular weight excluding hydrogens is 216 g/mol. The molecule has 3 fully saturated rings. The summed E-state index contributed by atoms with van der Waals surface area (Å²) in [5.74, 6) is -0.318. The summed E-state index contributed by atoms with van der Waals surface area (Å²) in [5, 5.41) is 8.86. The third kappa shape index (κ3) is 2.33. The molecule has 2 aliphatic heterocycles. The molecule has 1 spiro atoms. The van der Waals surface area contributed by atoms with E-state index >= 15 is 0 Å². The monoisotopic (exact) mass is 236 g/mol. The lowest BCUT2D eigenvalue weighted by molar-refractivity contribution is -0.190. The van der Waals surface area contributed by atoms with Crippen LogP contribution < -0.4 is 0 Å². The van der Waals surface area contributed by atoms with Crippen LogP contribution in [-0.4, -0.2) is 43.5 Å². The second-order valence-corrected chi connectivity index (χ2v) is 5.76. The van der Waals surface area contributed by atoms with E-state index in [9.17, 15) is 0 Å². The summed E-state index contributed by atoms with van der Waals surface area (Å²) in [6.45, 7) is 4.53. The molecule has 0 atom stereocenters. The fourth-order valence-corrected chi connectivity index (χ4v) is 3.15. The molecule has 0 amide bonds. The van der Waals surface area contributed by atoms with Gasteiger partial charge in [0.1, 0.15) is 0 Å². The first-order chi connectivity index (χ1) is 8.26. The van der Waals surface area contributed by atoms with Crippen molar-refractivity contribution >= 4 is 0 Å².